The van der Waals surface area contributed by atoms with Crippen molar-refractivity contribution < 1.29 is 5.03 Å². The lowest BCUT2D eigenvalue weighted by atomic mass is 10.1. The van der Waals surface area contributed by atoms with Gasteiger partial charge in [0.2, 0.25) is 0 Å². The second-order valence-electron chi connectivity index (χ2n) is 4.48. The van der Waals surface area contributed by atoms with Gasteiger partial charge in [0.25, 0.3) is 5.96 Å². The fraction of sp³-hybridized carbons (Fsp3) is 0.636. The summed E-state index contributed by atoms with van der Waals surface area (Å²) in [5, 5.41) is 9.39. The molecule has 9 heteroatoms. The topological polar surface area (TPSA) is 111 Å². The van der Waals surface area contributed by atoms with Crippen LogP contribution in [0.1, 0.15) is 24.2 Å². The maximum absolute atomic E-state index is 10.1. The Morgan fingerprint density at radius 1 is 1.65 bits per heavy atom. The maximum atomic E-state index is 10.1. The first-order chi connectivity index (χ1) is 9.66. The molecule has 1 aliphatic rings. The lowest BCUT2D eigenvalue weighted by Gasteiger charge is -2.14. The number of thioether (sulfide) groups is 1. The second-order valence-corrected chi connectivity index (χ2v) is 5.58. The highest BCUT2D eigenvalue weighted by atomic mass is 32.2. The summed E-state index contributed by atoms with van der Waals surface area (Å²) in [7, 11) is 0. The first-order valence-corrected chi connectivity index (χ1v) is 7.64. The van der Waals surface area contributed by atoms with Gasteiger partial charge in [0.05, 0.1) is 18.6 Å². The van der Waals surface area contributed by atoms with E-state index in [9.17, 15) is 10.1 Å². The van der Waals surface area contributed by atoms with E-state index in [-0.39, 0.29) is 5.96 Å². The molecule has 1 aromatic heterocycles. The van der Waals surface area contributed by atoms with Crippen LogP contribution < -0.4 is 11.2 Å². The van der Waals surface area contributed by atoms with E-state index in [2.05, 4.69) is 14.5 Å². The standard InChI is InChI=1S/C11H18N6O2S/c12-11(15-17(18)19)13-4-6-20-7-9-10-3-1-2-5-16(10)8-14-9/h8H,1-7H2,(H3,12,13,15). The van der Waals surface area contributed by atoms with Crippen molar-refractivity contribution in [3.8, 4) is 0 Å². The van der Waals surface area contributed by atoms with Gasteiger partial charge in [-0.1, -0.05) is 5.43 Å². The second kappa shape index (κ2) is 7.13. The monoisotopic (exact) mass is 298 g/mol. The Bertz CT molecular complexity index is 501. The lowest BCUT2D eigenvalue weighted by molar-refractivity contribution is -0.525. The molecule has 0 radical (unpaired) electrons. The number of guanidine groups is 1. The molecule has 2 rings (SSSR count). The van der Waals surface area contributed by atoms with Crippen molar-refractivity contribution in [2.45, 2.75) is 31.6 Å². The van der Waals surface area contributed by atoms with E-state index in [1.54, 1.807) is 11.8 Å². The van der Waals surface area contributed by atoms with Gasteiger partial charge >= 0.3 is 0 Å². The number of hydrogen-bond donors (Lipinski definition) is 2. The van der Waals surface area contributed by atoms with Crippen LogP contribution in [0, 0.1) is 10.1 Å². The molecular weight excluding hydrogens is 280 g/mol. The van der Waals surface area contributed by atoms with Crippen molar-refractivity contribution in [2.75, 3.05) is 12.3 Å². The highest BCUT2D eigenvalue weighted by molar-refractivity contribution is 7.98. The zero-order valence-electron chi connectivity index (χ0n) is 11.1. The quantitative estimate of drug-likeness (QED) is 0.261. The van der Waals surface area contributed by atoms with Crippen LogP contribution in [0.25, 0.3) is 0 Å². The van der Waals surface area contributed by atoms with Crippen molar-refractivity contribution in [3.63, 3.8) is 0 Å². The molecule has 0 atom stereocenters. The van der Waals surface area contributed by atoms with Gasteiger partial charge in [0.15, 0.2) is 5.03 Å². The zero-order valence-corrected chi connectivity index (χ0v) is 11.9. The SMILES string of the molecule is NC(=NCCSCc1ncn2c1CCCC2)N[N+](=O)[O-]. The van der Waals surface area contributed by atoms with Crippen LogP contribution in [-0.4, -0.2) is 32.8 Å². The van der Waals surface area contributed by atoms with Crippen molar-refractivity contribution in [3.05, 3.63) is 27.8 Å². The number of aromatic nitrogens is 2. The van der Waals surface area contributed by atoms with Gasteiger partial charge in [-0.2, -0.15) is 11.8 Å². The van der Waals surface area contributed by atoms with Crippen LogP contribution >= 0.6 is 11.8 Å². The number of aliphatic imine (C=N–C) groups is 1. The van der Waals surface area contributed by atoms with E-state index in [1.807, 2.05) is 11.8 Å². The van der Waals surface area contributed by atoms with Crippen molar-refractivity contribution in [1.29, 1.82) is 0 Å². The molecule has 0 unspecified atom stereocenters. The number of nitro groups is 1. The molecule has 0 spiro atoms. The molecule has 0 bridgehead atoms. The fourth-order valence-corrected chi connectivity index (χ4v) is 2.95. The first kappa shape index (κ1) is 14.6. The first-order valence-electron chi connectivity index (χ1n) is 6.48. The number of imidazole rings is 1. The van der Waals surface area contributed by atoms with Gasteiger partial charge in [0, 0.05) is 23.7 Å². The van der Waals surface area contributed by atoms with E-state index in [0.717, 1.165) is 30.2 Å². The van der Waals surface area contributed by atoms with Crippen LogP contribution in [0.15, 0.2) is 11.3 Å². The van der Waals surface area contributed by atoms with Gasteiger partial charge in [-0.15, -0.1) is 0 Å². The number of hydrogen-bond acceptors (Lipinski definition) is 5. The molecule has 0 saturated carbocycles. The number of rotatable bonds is 6. The lowest BCUT2D eigenvalue weighted by Crippen LogP contribution is -2.36. The Balaban J connectivity index is 1.71. The number of fused-ring (bicyclic) bond motifs is 1. The molecule has 2 heterocycles. The third-order valence-electron chi connectivity index (χ3n) is 3.06. The number of nitrogens with one attached hydrogen (secondary N) is 1. The van der Waals surface area contributed by atoms with E-state index in [0.29, 0.717) is 6.54 Å². The van der Waals surface area contributed by atoms with Crippen LogP contribution in [0.2, 0.25) is 0 Å². The van der Waals surface area contributed by atoms with Crippen molar-refractivity contribution in [1.82, 2.24) is 15.0 Å². The van der Waals surface area contributed by atoms with Gasteiger partial charge in [0.1, 0.15) is 0 Å². The molecule has 110 valence electrons. The number of nitrogens with zero attached hydrogens (tertiary/aromatic N) is 4. The van der Waals surface area contributed by atoms with Crippen molar-refractivity contribution >= 4 is 17.7 Å². The molecule has 0 aromatic carbocycles. The van der Waals surface area contributed by atoms with Crippen LogP contribution in [0.4, 0.5) is 0 Å². The Labute approximate surface area is 121 Å². The zero-order chi connectivity index (χ0) is 14.4. The molecule has 8 nitrogen and oxygen atoms in total. The highest BCUT2D eigenvalue weighted by Gasteiger charge is 2.14. The van der Waals surface area contributed by atoms with Crippen molar-refractivity contribution in [2.24, 2.45) is 10.7 Å². The van der Waals surface area contributed by atoms with E-state index in [1.165, 1.54) is 18.5 Å². The molecule has 1 aliphatic heterocycles. The maximum Gasteiger partial charge on any atom is 0.251 e. The molecule has 0 amide bonds. The fourth-order valence-electron chi connectivity index (χ4n) is 2.15. The molecule has 0 saturated heterocycles. The average Bonchev–Trinajstić information content (AvgIpc) is 2.81. The van der Waals surface area contributed by atoms with Crippen LogP contribution in [0.5, 0.6) is 0 Å². The molecule has 0 fully saturated rings. The summed E-state index contributed by atoms with van der Waals surface area (Å²) in [4.78, 5) is 18.4. The highest BCUT2D eigenvalue weighted by Crippen LogP contribution is 2.21. The Morgan fingerprint density at radius 3 is 3.30 bits per heavy atom. The minimum atomic E-state index is -0.719. The summed E-state index contributed by atoms with van der Waals surface area (Å²) in [6, 6.07) is 0. The number of aryl methyl sites for hydroxylation is 1. The molecular formula is C11H18N6O2S. The van der Waals surface area contributed by atoms with Gasteiger partial charge < -0.3 is 10.3 Å². The predicted molar refractivity (Wildman–Crippen MR) is 77.9 cm³/mol. The summed E-state index contributed by atoms with van der Waals surface area (Å²) >= 11 is 1.71. The van der Waals surface area contributed by atoms with E-state index < -0.39 is 5.03 Å². The largest absolute Gasteiger partial charge is 0.365 e. The van der Waals surface area contributed by atoms with Crippen LogP contribution in [-0.2, 0) is 18.7 Å². The molecule has 20 heavy (non-hydrogen) atoms. The summed E-state index contributed by atoms with van der Waals surface area (Å²) in [5.41, 5.74) is 9.63. The Hall–Kier alpha value is -1.77. The number of nitrogens with two attached hydrogens (primary N) is 1. The Kier molecular flexibility index (Phi) is 5.22. The molecule has 0 aliphatic carbocycles. The summed E-state index contributed by atoms with van der Waals surface area (Å²) in [5.74, 6) is 1.45. The molecule has 3 N–H and O–H groups in total. The molecule has 1 aromatic rings. The van der Waals surface area contributed by atoms with Gasteiger partial charge in [-0.05, 0) is 19.3 Å². The van der Waals surface area contributed by atoms with Gasteiger partial charge in [-0.25, -0.2) is 20.1 Å². The summed E-state index contributed by atoms with van der Waals surface area (Å²) < 4.78 is 2.23. The van der Waals surface area contributed by atoms with Crippen LogP contribution in [0.3, 0.4) is 0 Å². The minimum Gasteiger partial charge on any atom is -0.365 e. The van der Waals surface area contributed by atoms with Gasteiger partial charge in [-0.3, -0.25) is 0 Å². The number of hydrazine groups is 1. The van der Waals surface area contributed by atoms with E-state index in [4.69, 9.17) is 5.73 Å². The predicted octanol–water partition coefficient (Wildman–Crippen LogP) is 0.549. The summed E-state index contributed by atoms with van der Waals surface area (Å²) in [6.07, 6.45) is 5.49. The normalized spacial score (nSPS) is 14.9. The smallest absolute Gasteiger partial charge is 0.251 e. The minimum absolute atomic E-state index is 0.157. The average molecular weight is 298 g/mol. The third-order valence-corrected chi connectivity index (χ3v) is 4.01. The Morgan fingerprint density at radius 2 is 2.50 bits per heavy atom. The summed E-state index contributed by atoms with van der Waals surface area (Å²) in [6.45, 7) is 1.52. The third kappa shape index (κ3) is 4.12. The van der Waals surface area contributed by atoms with E-state index >= 15 is 0 Å².